The summed E-state index contributed by atoms with van der Waals surface area (Å²) in [7, 11) is 1.61. The fourth-order valence-electron chi connectivity index (χ4n) is 2.61. The third kappa shape index (κ3) is 5.86. The normalized spacial score (nSPS) is 10.3. The lowest BCUT2D eigenvalue weighted by Gasteiger charge is -2.11. The minimum absolute atomic E-state index is 0.158. The SMILES string of the molecule is C=C(CCCCC(=O)Nc1ccc(-c2ccccc2OC)cc1Cl)C(=O)O. The molecule has 2 aromatic carbocycles. The third-order valence-corrected chi connectivity index (χ3v) is 4.41. The highest BCUT2D eigenvalue weighted by Crippen LogP contribution is 2.34. The maximum Gasteiger partial charge on any atom is 0.330 e. The van der Waals surface area contributed by atoms with Gasteiger partial charge in [-0.1, -0.05) is 42.4 Å². The van der Waals surface area contributed by atoms with E-state index < -0.39 is 5.97 Å². The number of unbranched alkanes of at least 4 members (excludes halogenated alkanes) is 1. The van der Waals surface area contributed by atoms with E-state index >= 15 is 0 Å². The summed E-state index contributed by atoms with van der Waals surface area (Å²) < 4.78 is 5.37. The Balaban J connectivity index is 1.95. The van der Waals surface area contributed by atoms with E-state index in [1.54, 1.807) is 19.2 Å². The molecule has 0 radical (unpaired) electrons. The van der Waals surface area contributed by atoms with Crippen molar-refractivity contribution in [1.82, 2.24) is 0 Å². The Morgan fingerprint density at radius 1 is 1.15 bits per heavy atom. The van der Waals surface area contributed by atoms with Gasteiger partial charge in [0.1, 0.15) is 5.75 Å². The Bertz CT molecular complexity index is 848. The van der Waals surface area contributed by atoms with Crippen LogP contribution in [-0.4, -0.2) is 24.1 Å². The number of methoxy groups -OCH3 is 1. The monoisotopic (exact) mass is 387 g/mol. The maximum absolute atomic E-state index is 12.1. The molecule has 27 heavy (non-hydrogen) atoms. The van der Waals surface area contributed by atoms with E-state index in [1.807, 2.05) is 30.3 Å². The number of carbonyl (C=O) groups is 2. The lowest BCUT2D eigenvalue weighted by Crippen LogP contribution is -2.11. The summed E-state index contributed by atoms with van der Waals surface area (Å²) in [5.41, 5.74) is 2.50. The first kappa shape index (κ1) is 20.5. The highest BCUT2D eigenvalue weighted by molar-refractivity contribution is 6.34. The Morgan fingerprint density at radius 2 is 1.85 bits per heavy atom. The number of hydrogen-bond donors (Lipinski definition) is 2. The molecule has 0 fully saturated rings. The van der Waals surface area contributed by atoms with Crippen molar-refractivity contribution in [3.05, 3.63) is 59.6 Å². The number of carbonyl (C=O) groups excluding carboxylic acids is 1. The predicted octanol–water partition coefficient (Wildman–Crippen LogP) is 5.16. The molecule has 0 atom stereocenters. The van der Waals surface area contributed by atoms with E-state index in [4.69, 9.17) is 21.4 Å². The first-order valence-corrected chi connectivity index (χ1v) is 8.94. The molecule has 0 aromatic heterocycles. The molecule has 5 nitrogen and oxygen atoms in total. The largest absolute Gasteiger partial charge is 0.496 e. The van der Waals surface area contributed by atoms with Crippen molar-refractivity contribution in [2.45, 2.75) is 25.7 Å². The average Bonchev–Trinajstić information content (AvgIpc) is 2.66. The van der Waals surface area contributed by atoms with E-state index in [1.165, 1.54) is 0 Å². The third-order valence-electron chi connectivity index (χ3n) is 4.10. The van der Waals surface area contributed by atoms with Gasteiger partial charge in [-0.25, -0.2) is 4.79 Å². The van der Waals surface area contributed by atoms with Gasteiger partial charge in [-0.2, -0.15) is 0 Å². The number of anilines is 1. The minimum Gasteiger partial charge on any atom is -0.496 e. The van der Waals surface area contributed by atoms with Crippen LogP contribution in [0.1, 0.15) is 25.7 Å². The maximum atomic E-state index is 12.1. The van der Waals surface area contributed by atoms with Crippen LogP contribution in [0.5, 0.6) is 5.75 Å². The summed E-state index contributed by atoms with van der Waals surface area (Å²) in [6.07, 6.45) is 1.84. The average molecular weight is 388 g/mol. The molecule has 2 aromatic rings. The Kier molecular flexibility index (Phi) is 7.44. The van der Waals surface area contributed by atoms with Crippen molar-refractivity contribution < 1.29 is 19.4 Å². The van der Waals surface area contributed by atoms with E-state index in [-0.39, 0.29) is 17.9 Å². The van der Waals surface area contributed by atoms with Gasteiger partial charge in [0.15, 0.2) is 0 Å². The number of halogens is 1. The molecule has 0 saturated heterocycles. The van der Waals surface area contributed by atoms with Gasteiger partial charge in [0.2, 0.25) is 5.91 Å². The molecule has 0 aliphatic carbocycles. The zero-order valence-electron chi connectivity index (χ0n) is 15.1. The molecule has 1 amide bonds. The van der Waals surface area contributed by atoms with Gasteiger partial charge in [-0.05, 0) is 43.0 Å². The van der Waals surface area contributed by atoms with Crippen LogP contribution in [0.4, 0.5) is 5.69 Å². The number of para-hydroxylation sites is 1. The van der Waals surface area contributed by atoms with Gasteiger partial charge >= 0.3 is 5.97 Å². The van der Waals surface area contributed by atoms with E-state index in [2.05, 4.69) is 11.9 Å². The molecule has 0 aliphatic rings. The molecule has 142 valence electrons. The van der Waals surface area contributed by atoms with Crippen LogP contribution >= 0.6 is 11.6 Å². The van der Waals surface area contributed by atoms with Crippen molar-refractivity contribution in [3.63, 3.8) is 0 Å². The number of rotatable bonds is 9. The van der Waals surface area contributed by atoms with Gasteiger partial charge in [0, 0.05) is 17.6 Å². The van der Waals surface area contributed by atoms with Crippen LogP contribution in [0, 0.1) is 0 Å². The number of ether oxygens (including phenoxy) is 1. The second kappa shape index (κ2) is 9.78. The molecular formula is C21H22ClNO4. The summed E-state index contributed by atoms with van der Waals surface area (Å²) in [5.74, 6) is -0.419. The Hall–Kier alpha value is -2.79. The quantitative estimate of drug-likeness (QED) is 0.460. The number of carboxylic acids is 1. The van der Waals surface area contributed by atoms with Gasteiger partial charge in [0.25, 0.3) is 0 Å². The standard InChI is InChI=1S/C21H22ClNO4/c1-14(21(25)26)7-3-6-10-20(24)23-18-12-11-15(13-17(18)22)16-8-4-5-9-19(16)27-2/h4-5,8-9,11-13H,1,3,6-7,10H2,2H3,(H,23,24)(H,25,26). The molecule has 0 saturated carbocycles. The molecule has 0 aliphatic heterocycles. The van der Waals surface area contributed by atoms with Crippen LogP contribution in [-0.2, 0) is 9.59 Å². The van der Waals surface area contributed by atoms with Crippen LogP contribution in [0.3, 0.4) is 0 Å². The number of hydrogen-bond acceptors (Lipinski definition) is 3. The van der Waals surface area contributed by atoms with Gasteiger partial charge < -0.3 is 15.2 Å². The molecule has 0 unspecified atom stereocenters. The highest BCUT2D eigenvalue weighted by atomic mass is 35.5. The molecule has 0 spiro atoms. The van der Waals surface area contributed by atoms with Gasteiger partial charge in [0.05, 0.1) is 17.8 Å². The van der Waals surface area contributed by atoms with E-state index in [0.717, 1.165) is 16.9 Å². The lowest BCUT2D eigenvalue weighted by molar-refractivity contribution is -0.132. The number of aliphatic carboxylic acids is 1. The topological polar surface area (TPSA) is 75.6 Å². The number of benzene rings is 2. The second-order valence-corrected chi connectivity index (χ2v) is 6.47. The van der Waals surface area contributed by atoms with Crippen molar-refractivity contribution >= 4 is 29.2 Å². The van der Waals surface area contributed by atoms with Crippen LogP contribution < -0.4 is 10.1 Å². The number of carboxylic acid groups (broad SMARTS) is 1. The highest BCUT2D eigenvalue weighted by Gasteiger charge is 2.10. The first-order chi connectivity index (χ1) is 12.9. The molecular weight excluding hydrogens is 366 g/mol. The zero-order chi connectivity index (χ0) is 19.8. The summed E-state index contributed by atoms with van der Waals surface area (Å²) in [6, 6.07) is 13.0. The zero-order valence-corrected chi connectivity index (χ0v) is 15.9. The minimum atomic E-state index is -0.999. The Morgan fingerprint density at radius 3 is 2.52 bits per heavy atom. The Labute approximate surface area is 163 Å². The van der Waals surface area contributed by atoms with Crippen LogP contribution in [0.25, 0.3) is 11.1 Å². The van der Waals surface area contributed by atoms with Crippen LogP contribution in [0.15, 0.2) is 54.6 Å². The number of nitrogens with one attached hydrogen (secondary N) is 1. The van der Waals surface area contributed by atoms with Crippen molar-refractivity contribution in [2.75, 3.05) is 12.4 Å². The summed E-state index contributed by atoms with van der Waals surface area (Å²) in [6.45, 7) is 3.47. The summed E-state index contributed by atoms with van der Waals surface area (Å²) in [5, 5.41) is 12.0. The van der Waals surface area contributed by atoms with Crippen LogP contribution in [0.2, 0.25) is 5.02 Å². The summed E-state index contributed by atoms with van der Waals surface area (Å²) in [4.78, 5) is 22.7. The smallest absolute Gasteiger partial charge is 0.330 e. The molecule has 0 heterocycles. The van der Waals surface area contributed by atoms with Crippen molar-refractivity contribution in [2.24, 2.45) is 0 Å². The van der Waals surface area contributed by atoms with Crippen molar-refractivity contribution in [1.29, 1.82) is 0 Å². The molecule has 0 bridgehead atoms. The fraction of sp³-hybridized carbons (Fsp3) is 0.238. The van der Waals surface area contributed by atoms with Gasteiger partial charge in [-0.3, -0.25) is 4.79 Å². The molecule has 2 N–H and O–H groups in total. The van der Waals surface area contributed by atoms with E-state index in [0.29, 0.717) is 30.0 Å². The summed E-state index contributed by atoms with van der Waals surface area (Å²) >= 11 is 6.32. The molecule has 2 rings (SSSR count). The predicted molar refractivity (Wildman–Crippen MR) is 107 cm³/mol. The fourth-order valence-corrected chi connectivity index (χ4v) is 2.84. The van der Waals surface area contributed by atoms with E-state index in [9.17, 15) is 9.59 Å². The van der Waals surface area contributed by atoms with Gasteiger partial charge in [-0.15, -0.1) is 0 Å². The lowest BCUT2D eigenvalue weighted by atomic mass is 10.0. The first-order valence-electron chi connectivity index (χ1n) is 8.56. The second-order valence-electron chi connectivity index (χ2n) is 6.06. The molecule has 6 heteroatoms. The number of amides is 1. The van der Waals surface area contributed by atoms with Crippen molar-refractivity contribution in [3.8, 4) is 16.9 Å².